The molecule has 0 N–H and O–H groups in total. The third kappa shape index (κ3) is 4.39. The normalized spacial score (nSPS) is 11.2. The van der Waals surface area contributed by atoms with E-state index >= 15 is 0 Å². The number of aromatic nitrogens is 4. The predicted molar refractivity (Wildman–Crippen MR) is 164 cm³/mol. The third-order valence-electron chi connectivity index (χ3n) is 7.18. The van der Waals surface area contributed by atoms with Crippen LogP contribution in [0.4, 0.5) is 0 Å². The van der Waals surface area contributed by atoms with Crippen molar-refractivity contribution in [2.45, 2.75) is 0 Å². The van der Waals surface area contributed by atoms with Crippen molar-refractivity contribution in [2.75, 3.05) is 0 Å². The maximum atomic E-state index is 4.90. The summed E-state index contributed by atoms with van der Waals surface area (Å²) in [6.45, 7) is 0. The van der Waals surface area contributed by atoms with Crippen molar-refractivity contribution < 1.29 is 21.1 Å². The molecule has 0 fully saturated rings. The fraction of sp³-hybridized carbons (Fsp3) is 0. The van der Waals surface area contributed by atoms with Crippen LogP contribution in [0.1, 0.15) is 0 Å². The van der Waals surface area contributed by atoms with E-state index in [1.165, 1.54) is 10.1 Å². The van der Waals surface area contributed by atoms with Crippen molar-refractivity contribution in [3.63, 3.8) is 0 Å². The summed E-state index contributed by atoms with van der Waals surface area (Å²) in [4.78, 5) is 13.8. The summed E-state index contributed by atoms with van der Waals surface area (Å²) in [5.74, 6) is 0. The van der Waals surface area contributed by atoms with Crippen molar-refractivity contribution >= 4 is 43.4 Å². The van der Waals surface area contributed by atoms with Crippen LogP contribution in [0.2, 0.25) is 0 Å². The van der Waals surface area contributed by atoms with Gasteiger partial charge >= 0.3 is 21.1 Å². The molecular weight excluding hydrogens is 704 g/mol. The quantitative estimate of drug-likeness (QED) is 0.171. The number of para-hydroxylation sites is 2. The molecule has 0 bridgehead atoms. The second kappa shape index (κ2) is 10.5. The summed E-state index contributed by atoms with van der Waals surface area (Å²) in [7, 11) is 0. The average Bonchev–Trinajstić information content (AvgIpc) is 3.61. The average molecular weight is 724 g/mol. The van der Waals surface area contributed by atoms with Crippen LogP contribution in [-0.4, -0.2) is 19.5 Å². The molecule has 0 atom stereocenters. The SMILES string of the molecule is [Pt+2].[c-]1c(-c2ncccc2-c2ccncc2)cccc1-n1c2[c-]c(-c3nc4ccccc4s3)ccc2c2ccccc21. The number of nitrogens with zero attached hydrogens (tertiary/aromatic N) is 4. The Morgan fingerprint density at radius 3 is 2.41 bits per heavy atom. The van der Waals surface area contributed by atoms with E-state index in [4.69, 9.17) is 9.97 Å². The smallest absolute Gasteiger partial charge is 0.346 e. The summed E-state index contributed by atoms with van der Waals surface area (Å²) < 4.78 is 3.42. The van der Waals surface area contributed by atoms with Gasteiger partial charge in [-0.1, -0.05) is 41.8 Å². The molecule has 8 rings (SSSR count). The first kappa shape index (κ1) is 25.5. The Morgan fingerprint density at radius 1 is 0.659 bits per heavy atom. The van der Waals surface area contributed by atoms with Crippen LogP contribution >= 0.6 is 11.3 Å². The van der Waals surface area contributed by atoms with Gasteiger partial charge in [0.05, 0.1) is 5.52 Å². The molecule has 0 saturated carbocycles. The zero-order chi connectivity index (χ0) is 26.5. The summed E-state index contributed by atoms with van der Waals surface area (Å²) in [5.41, 5.74) is 8.98. The first-order valence-electron chi connectivity index (χ1n) is 13.0. The molecule has 0 amide bonds. The fourth-order valence-corrected chi connectivity index (χ4v) is 6.31. The summed E-state index contributed by atoms with van der Waals surface area (Å²) in [5, 5.41) is 3.29. The van der Waals surface area contributed by atoms with Crippen molar-refractivity contribution in [3.05, 3.63) is 134 Å². The molecule has 0 spiro atoms. The second-order valence-corrected chi connectivity index (χ2v) is 10.6. The van der Waals surface area contributed by atoms with Gasteiger partial charge < -0.3 is 9.55 Å². The molecule has 0 aliphatic rings. The van der Waals surface area contributed by atoms with Gasteiger partial charge in [0.25, 0.3) is 0 Å². The van der Waals surface area contributed by atoms with E-state index in [-0.39, 0.29) is 21.1 Å². The van der Waals surface area contributed by atoms with Crippen molar-refractivity contribution in [3.8, 4) is 38.6 Å². The van der Waals surface area contributed by atoms with Crippen LogP contribution in [0.15, 0.2) is 122 Å². The van der Waals surface area contributed by atoms with E-state index in [9.17, 15) is 0 Å². The number of hydrogen-bond acceptors (Lipinski definition) is 4. The molecule has 8 aromatic rings. The Hall–Kier alpha value is -4.44. The van der Waals surface area contributed by atoms with Gasteiger partial charge in [-0.25, -0.2) is 0 Å². The number of hydrogen-bond donors (Lipinski definition) is 0. The molecule has 4 aromatic carbocycles. The van der Waals surface area contributed by atoms with E-state index in [2.05, 4.69) is 101 Å². The van der Waals surface area contributed by atoms with E-state index in [0.717, 1.165) is 60.6 Å². The second-order valence-electron chi connectivity index (χ2n) is 9.56. The first-order chi connectivity index (χ1) is 19.8. The van der Waals surface area contributed by atoms with E-state index < -0.39 is 0 Å². The standard InChI is InChI=1S/C35H20N4S.Pt/c1-3-12-31-28(9-1)29-15-14-25(35-38-30-11-2-4-13-33(30)40-35)22-32(29)39(31)26-8-5-7-24(21-26)34-27(10-6-18-37-34)23-16-19-36-20-17-23;/h1-20H;/q-2;+2. The Kier molecular flexibility index (Phi) is 6.54. The summed E-state index contributed by atoms with van der Waals surface area (Å²) >= 11 is 1.69. The van der Waals surface area contributed by atoms with E-state index in [0.29, 0.717) is 0 Å². The largest absolute Gasteiger partial charge is 2.00 e. The first-order valence-corrected chi connectivity index (χ1v) is 13.8. The molecule has 6 heteroatoms. The molecule has 0 aliphatic carbocycles. The Bertz CT molecular complexity index is 2150. The van der Waals surface area contributed by atoms with Crippen molar-refractivity contribution in [1.29, 1.82) is 0 Å². The molecule has 0 unspecified atom stereocenters. The number of thiazole rings is 1. The van der Waals surface area contributed by atoms with E-state index in [1.807, 2.05) is 42.9 Å². The van der Waals surface area contributed by atoms with Crippen LogP contribution in [0, 0.1) is 12.1 Å². The Morgan fingerprint density at radius 2 is 1.51 bits per heavy atom. The zero-order valence-electron chi connectivity index (χ0n) is 21.6. The molecular formula is C35H20N4PtS. The van der Waals surface area contributed by atoms with Gasteiger partial charge in [0.1, 0.15) is 0 Å². The number of fused-ring (bicyclic) bond motifs is 4. The maximum absolute atomic E-state index is 4.90. The van der Waals surface area contributed by atoms with Crippen molar-refractivity contribution in [2.24, 2.45) is 0 Å². The van der Waals surface area contributed by atoms with Gasteiger partial charge in [-0.15, -0.1) is 53.6 Å². The minimum Gasteiger partial charge on any atom is -0.346 e. The molecule has 196 valence electrons. The van der Waals surface area contributed by atoms with Gasteiger partial charge in [-0.3, -0.25) is 9.97 Å². The van der Waals surface area contributed by atoms with Crippen LogP contribution in [0.5, 0.6) is 0 Å². The van der Waals surface area contributed by atoms with Gasteiger partial charge in [0.2, 0.25) is 0 Å². The third-order valence-corrected chi connectivity index (χ3v) is 8.25. The van der Waals surface area contributed by atoms with Crippen LogP contribution in [0.25, 0.3) is 70.7 Å². The topological polar surface area (TPSA) is 43.6 Å². The van der Waals surface area contributed by atoms with Crippen LogP contribution < -0.4 is 0 Å². The van der Waals surface area contributed by atoms with Crippen LogP contribution in [0.3, 0.4) is 0 Å². The zero-order valence-corrected chi connectivity index (χ0v) is 24.6. The van der Waals surface area contributed by atoms with Gasteiger partial charge in [0, 0.05) is 33.8 Å². The molecule has 0 saturated heterocycles. The molecule has 4 aromatic heterocycles. The van der Waals surface area contributed by atoms with Crippen LogP contribution in [-0.2, 0) is 21.1 Å². The minimum atomic E-state index is 0. The number of pyridine rings is 2. The Balaban J connectivity index is 0.00000276. The maximum Gasteiger partial charge on any atom is 2.00 e. The monoisotopic (exact) mass is 723 g/mol. The summed E-state index contributed by atoms with van der Waals surface area (Å²) in [6, 6.07) is 42.8. The molecule has 4 heterocycles. The number of benzene rings is 4. The van der Waals surface area contributed by atoms with Gasteiger partial charge in [0.15, 0.2) is 0 Å². The number of rotatable bonds is 4. The molecule has 0 radical (unpaired) electrons. The fourth-order valence-electron chi connectivity index (χ4n) is 5.36. The molecule has 0 aliphatic heterocycles. The molecule has 4 nitrogen and oxygen atoms in total. The predicted octanol–water partition coefficient (Wildman–Crippen LogP) is 8.78. The van der Waals surface area contributed by atoms with E-state index in [1.54, 1.807) is 11.3 Å². The van der Waals surface area contributed by atoms with Crippen molar-refractivity contribution in [1.82, 2.24) is 19.5 Å². The van der Waals surface area contributed by atoms with Gasteiger partial charge in [-0.2, -0.15) is 11.3 Å². The van der Waals surface area contributed by atoms with Gasteiger partial charge in [-0.05, 0) is 69.8 Å². The minimum absolute atomic E-state index is 0. The molecule has 41 heavy (non-hydrogen) atoms. The Labute approximate surface area is 255 Å². The summed E-state index contributed by atoms with van der Waals surface area (Å²) in [6.07, 6.45) is 5.45.